The van der Waals surface area contributed by atoms with Gasteiger partial charge in [-0.2, -0.15) is 0 Å². The Labute approximate surface area is 120 Å². The van der Waals surface area contributed by atoms with E-state index in [9.17, 15) is 9.90 Å². The fraction of sp³-hybridized carbons (Fsp3) is 0.562. The van der Waals surface area contributed by atoms with Crippen LogP contribution in [0.15, 0.2) is 30.3 Å². The van der Waals surface area contributed by atoms with E-state index >= 15 is 0 Å². The van der Waals surface area contributed by atoms with Gasteiger partial charge in [-0.3, -0.25) is 4.79 Å². The molecule has 0 saturated heterocycles. The molecule has 0 spiro atoms. The first-order valence-electron chi connectivity index (χ1n) is 7.39. The summed E-state index contributed by atoms with van der Waals surface area (Å²) >= 11 is 0. The van der Waals surface area contributed by atoms with Gasteiger partial charge in [0.2, 0.25) is 5.91 Å². The number of aliphatic hydroxyl groups excluding tert-OH is 1. The minimum atomic E-state index is -0.300. The van der Waals surface area contributed by atoms with Gasteiger partial charge in [-0.1, -0.05) is 24.6 Å². The second kappa shape index (κ2) is 7.29. The summed E-state index contributed by atoms with van der Waals surface area (Å²) in [5, 5.41) is 12.6. The van der Waals surface area contributed by atoms with Crippen molar-refractivity contribution in [3.05, 3.63) is 30.3 Å². The number of carbonyl (C=O) groups excluding carboxylic acids is 1. The number of benzene rings is 1. The molecule has 1 fully saturated rings. The number of carbonyl (C=O) groups is 1. The van der Waals surface area contributed by atoms with Gasteiger partial charge in [0.15, 0.2) is 0 Å². The standard InChI is InChI=1S/C16H24N2O2/c1-18(14-7-3-2-4-8-14)11-10-17-16(20)13-6-5-9-15(19)12-13/h2-4,7-8,13,15,19H,5-6,9-12H2,1H3,(H,17,20)/t13-,15-/m0/s1. The van der Waals surface area contributed by atoms with E-state index < -0.39 is 0 Å². The quantitative estimate of drug-likeness (QED) is 0.862. The van der Waals surface area contributed by atoms with Gasteiger partial charge >= 0.3 is 0 Å². The van der Waals surface area contributed by atoms with Gasteiger partial charge in [0.1, 0.15) is 0 Å². The van der Waals surface area contributed by atoms with Crippen LogP contribution in [-0.4, -0.2) is 37.3 Å². The number of likely N-dealkylation sites (N-methyl/N-ethyl adjacent to an activating group) is 1. The molecule has 1 saturated carbocycles. The molecule has 0 aromatic heterocycles. The SMILES string of the molecule is CN(CCNC(=O)[C@H]1CCC[C@H](O)C1)c1ccccc1. The van der Waals surface area contributed by atoms with Crippen LogP contribution in [0.1, 0.15) is 25.7 Å². The maximum Gasteiger partial charge on any atom is 0.223 e. The number of hydrogen-bond donors (Lipinski definition) is 2. The summed E-state index contributed by atoms with van der Waals surface area (Å²) < 4.78 is 0. The van der Waals surface area contributed by atoms with E-state index in [4.69, 9.17) is 0 Å². The van der Waals surface area contributed by atoms with Crippen molar-refractivity contribution < 1.29 is 9.90 Å². The molecule has 0 unspecified atom stereocenters. The van der Waals surface area contributed by atoms with Gasteiger partial charge in [0.25, 0.3) is 0 Å². The molecule has 110 valence electrons. The minimum absolute atomic E-state index is 0.0132. The number of rotatable bonds is 5. The highest BCUT2D eigenvalue weighted by molar-refractivity contribution is 5.78. The fourth-order valence-electron chi connectivity index (χ4n) is 2.70. The molecule has 0 radical (unpaired) electrons. The number of aliphatic hydroxyl groups is 1. The molecular weight excluding hydrogens is 252 g/mol. The average molecular weight is 276 g/mol. The molecule has 20 heavy (non-hydrogen) atoms. The van der Waals surface area contributed by atoms with E-state index in [1.807, 2.05) is 25.2 Å². The first-order chi connectivity index (χ1) is 9.66. The molecular formula is C16H24N2O2. The highest BCUT2D eigenvalue weighted by Gasteiger charge is 2.25. The first-order valence-corrected chi connectivity index (χ1v) is 7.39. The van der Waals surface area contributed by atoms with Crippen molar-refractivity contribution >= 4 is 11.6 Å². The molecule has 1 aliphatic carbocycles. The molecule has 0 bridgehead atoms. The lowest BCUT2D eigenvalue weighted by Crippen LogP contribution is -2.38. The summed E-state index contributed by atoms with van der Waals surface area (Å²) in [5.41, 5.74) is 1.15. The predicted molar refractivity (Wildman–Crippen MR) is 80.7 cm³/mol. The summed E-state index contributed by atoms with van der Waals surface area (Å²) in [5.74, 6) is 0.0750. The van der Waals surface area contributed by atoms with Crippen molar-refractivity contribution in [3.63, 3.8) is 0 Å². The van der Waals surface area contributed by atoms with Crippen LogP contribution in [0.2, 0.25) is 0 Å². The number of para-hydroxylation sites is 1. The van der Waals surface area contributed by atoms with Gasteiger partial charge in [0, 0.05) is 31.7 Å². The third kappa shape index (κ3) is 4.23. The van der Waals surface area contributed by atoms with Gasteiger partial charge in [-0.05, 0) is 31.4 Å². The first kappa shape index (κ1) is 14.9. The lowest BCUT2D eigenvalue weighted by Gasteiger charge is -2.25. The molecule has 0 heterocycles. The van der Waals surface area contributed by atoms with Gasteiger partial charge in [-0.25, -0.2) is 0 Å². The Balaban J connectivity index is 1.71. The summed E-state index contributed by atoms with van der Waals surface area (Å²) in [6.45, 7) is 1.42. The summed E-state index contributed by atoms with van der Waals surface area (Å²) in [4.78, 5) is 14.1. The Morgan fingerprint density at radius 3 is 2.80 bits per heavy atom. The fourth-order valence-corrected chi connectivity index (χ4v) is 2.70. The van der Waals surface area contributed by atoms with Crippen LogP contribution < -0.4 is 10.2 Å². The van der Waals surface area contributed by atoms with Crippen LogP contribution in [0.3, 0.4) is 0 Å². The van der Waals surface area contributed by atoms with Crippen LogP contribution in [-0.2, 0) is 4.79 Å². The Kier molecular flexibility index (Phi) is 5.41. The van der Waals surface area contributed by atoms with Crippen LogP contribution >= 0.6 is 0 Å². The molecule has 2 atom stereocenters. The van der Waals surface area contributed by atoms with Crippen molar-refractivity contribution in [3.8, 4) is 0 Å². The van der Waals surface area contributed by atoms with E-state index in [2.05, 4.69) is 22.3 Å². The van der Waals surface area contributed by atoms with E-state index in [-0.39, 0.29) is 17.9 Å². The second-order valence-corrected chi connectivity index (χ2v) is 5.57. The zero-order chi connectivity index (χ0) is 14.4. The Morgan fingerprint density at radius 2 is 2.10 bits per heavy atom. The molecule has 4 nitrogen and oxygen atoms in total. The molecule has 2 rings (SSSR count). The van der Waals surface area contributed by atoms with Crippen molar-refractivity contribution in [1.29, 1.82) is 0 Å². The molecule has 1 aromatic carbocycles. The van der Waals surface area contributed by atoms with Crippen LogP contribution in [0.25, 0.3) is 0 Å². The predicted octanol–water partition coefficient (Wildman–Crippen LogP) is 1.79. The summed E-state index contributed by atoms with van der Waals surface area (Å²) in [6, 6.07) is 10.1. The van der Waals surface area contributed by atoms with Crippen molar-refractivity contribution in [2.75, 3.05) is 25.0 Å². The van der Waals surface area contributed by atoms with Crippen LogP contribution in [0, 0.1) is 5.92 Å². The smallest absolute Gasteiger partial charge is 0.223 e. The summed E-state index contributed by atoms with van der Waals surface area (Å²) in [7, 11) is 2.02. The largest absolute Gasteiger partial charge is 0.393 e. The Bertz CT molecular complexity index is 422. The Hall–Kier alpha value is -1.55. The van der Waals surface area contributed by atoms with Gasteiger partial charge < -0.3 is 15.3 Å². The van der Waals surface area contributed by atoms with Gasteiger partial charge in [-0.15, -0.1) is 0 Å². The number of anilines is 1. The summed E-state index contributed by atoms with van der Waals surface area (Å²) in [6.07, 6.45) is 2.99. The third-order valence-electron chi connectivity index (χ3n) is 3.96. The van der Waals surface area contributed by atoms with Crippen molar-refractivity contribution in [2.45, 2.75) is 31.8 Å². The number of amides is 1. The normalized spacial score (nSPS) is 22.3. The lowest BCUT2D eigenvalue weighted by molar-refractivity contribution is -0.127. The van der Waals surface area contributed by atoms with E-state index in [1.165, 1.54) is 0 Å². The number of hydrogen-bond acceptors (Lipinski definition) is 3. The zero-order valence-electron chi connectivity index (χ0n) is 12.1. The molecule has 1 aliphatic rings. The van der Waals surface area contributed by atoms with E-state index in [0.29, 0.717) is 13.0 Å². The maximum atomic E-state index is 12.0. The third-order valence-corrected chi connectivity index (χ3v) is 3.96. The highest BCUT2D eigenvalue weighted by Crippen LogP contribution is 2.24. The highest BCUT2D eigenvalue weighted by atomic mass is 16.3. The van der Waals surface area contributed by atoms with Gasteiger partial charge in [0.05, 0.1) is 6.10 Å². The Morgan fingerprint density at radius 1 is 1.35 bits per heavy atom. The topological polar surface area (TPSA) is 52.6 Å². The zero-order valence-corrected chi connectivity index (χ0v) is 12.1. The van der Waals surface area contributed by atoms with Crippen LogP contribution in [0.5, 0.6) is 0 Å². The second-order valence-electron chi connectivity index (χ2n) is 5.57. The number of nitrogens with one attached hydrogen (secondary N) is 1. The molecule has 0 aliphatic heterocycles. The van der Waals surface area contributed by atoms with Crippen molar-refractivity contribution in [1.82, 2.24) is 5.32 Å². The molecule has 4 heteroatoms. The lowest BCUT2D eigenvalue weighted by atomic mass is 9.87. The van der Waals surface area contributed by atoms with E-state index in [0.717, 1.165) is 31.5 Å². The minimum Gasteiger partial charge on any atom is -0.393 e. The van der Waals surface area contributed by atoms with E-state index in [1.54, 1.807) is 0 Å². The monoisotopic (exact) mass is 276 g/mol. The maximum absolute atomic E-state index is 12.0. The average Bonchev–Trinajstić information content (AvgIpc) is 2.48. The van der Waals surface area contributed by atoms with Crippen LogP contribution in [0.4, 0.5) is 5.69 Å². The molecule has 2 N–H and O–H groups in total. The van der Waals surface area contributed by atoms with Crippen molar-refractivity contribution in [2.24, 2.45) is 5.92 Å². The molecule has 1 aromatic rings. The number of nitrogens with zero attached hydrogens (tertiary/aromatic N) is 1. The molecule has 1 amide bonds.